The van der Waals surface area contributed by atoms with Crippen molar-refractivity contribution in [2.24, 2.45) is 5.73 Å². The van der Waals surface area contributed by atoms with Gasteiger partial charge in [-0.1, -0.05) is 30.3 Å². The molecule has 0 radical (unpaired) electrons. The molecule has 1 amide bonds. The van der Waals surface area contributed by atoms with Crippen molar-refractivity contribution in [1.82, 2.24) is 10.2 Å². The van der Waals surface area contributed by atoms with Crippen molar-refractivity contribution >= 4 is 5.91 Å². The maximum atomic E-state index is 12.6. The Labute approximate surface area is 155 Å². The Kier molecular flexibility index (Phi) is 6.26. The lowest BCUT2D eigenvalue weighted by Gasteiger charge is -2.29. The molecule has 0 bridgehead atoms. The summed E-state index contributed by atoms with van der Waals surface area (Å²) in [6, 6.07) is 15.6. The number of nitrogens with zero attached hydrogens (tertiary/aromatic N) is 1. The Hall–Kier alpha value is -2.37. The summed E-state index contributed by atoms with van der Waals surface area (Å²) in [6.07, 6.45) is 2.39. The standard InChI is InChI=1S/C21H27N3O2/c1-26-20-7-3-2-6-18(20)19(24-12-4-5-13-24)15-23-21(25)17-10-8-16(14-22)9-11-17/h2-3,6-11,19H,4-5,12-15,22H2,1H3,(H,23,25). The molecule has 1 unspecified atom stereocenters. The van der Waals surface area contributed by atoms with Gasteiger partial charge in [0, 0.05) is 24.2 Å². The quantitative estimate of drug-likeness (QED) is 0.803. The summed E-state index contributed by atoms with van der Waals surface area (Å²) < 4.78 is 5.55. The third-order valence-corrected chi connectivity index (χ3v) is 4.99. The maximum absolute atomic E-state index is 12.6. The van der Waals surface area contributed by atoms with Gasteiger partial charge in [-0.3, -0.25) is 9.69 Å². The van der Waals surface area contributed by atoms with E-state index in [4.69, 9.17) is 10.5 Å². The second-order valence-electron chi connectivity index (χ2n) is 6.61. The van der Waals surface area contributed by atoms with E-state index in [0.29, 0.717) is 18.7 Å². The largest absolute Gasteiger partial charge is 0.496 e. The molecule has 1 fully saturated rings. The minimum absolute atomic E-state index is 0.0623. The number of carbonyl (C=O) groups is 1. The van der Waals surface area contributed by atoms with Gasteiger partial charge >= 0.3 is 0 Å². The number of likely N-dealkylation sites (tertiary alicyclic amines) is 1. The van der Waals surface area contributed by atoms with Gasteiger partial charge in [0.25, 0.3) is 5.91 Å². The summed E-state index contributed by atoms with van der Waals surface area (Å²) in [7, 11) is 1.69. The van der Waals surface area contributed by atoms with Gasteiger partial charge in [0.05, 0.1) is 13.2 Å². The van der Waals surface area contributed by atoms with Crippen molar-refractivity contribution in [3.8, 4) is 5.75 Å². The van der Waals surface area contributed by atoms with Gasteiger partial charge in [-0.2, -0.15) is 0 Å². The molecule has 1 saturated heterocycles. The monoisotopic (exact) mass is 353 g/mol. The fourth-order valence-corrected chi connectivity index (χ4v) is 3.51. The van der Waals surface area contributed by atoms with Crippen molar-refractivity contribution in [1.29, 1.82) is 0 Å². The molecular weight excluding hydrogens is 326 g/mol. The van der Waals surface area contributed by atoms with Gasteiger partial charge in [-0.15, -0.1) is 0 Å². The minimum Gasteiger partial charge on any atom is -0.496 e. The highest BCUT2D eigenvalue weighted by molar-refractivity contribution is 5.94. The van der Waals surface area contributed by atoms with Crippen LogP contribution in [-0.2, 0) is 6.54 Å². The van der Waals surface area contributed by atoms with Gasteiger partial charge in [-0.05, 0) is 49.7 Å². The molecule has 0 aromatic heterocycles. The fraction of sp³-hybridized carbons (Fsp3) is 0.381. The fourth-order valence-electron chi connectivity index (χ4n) is 3.51. The molecule has 5 nitrogen and oxygen atoms in total. The smallest absolute Gasteiger partial charge is 0.251 e. The third kappa shape index (κ3) is 4.23. The molecule has 0 aliphatic carbocycles. The number of ether oxygens (including phenoxy) is 1. The molecule has 1 heterocycles. The van der Waals surface area contributed by atoms with E-state index in [2.05, 4.69) is 16.3 Å². The number of nitrogens with one attached hydrogen (secondary N) is 1. The van der Waals surface area contributed by atoms with E-state index in [1.165, 1.54) is 12.8 Å². The predicted molar refractivity (Wildman–Crippen MR) is 103 cm³/mol. The second kappa shape index (κ2) is 8.83. The SMILES string of the molecule is COc1ccccc1C(CNC(=O)c1ccc(CN)cc1)N1CCCC1. The number of hydrogen-bond acceptors (Lipinski definition) is 4. The number of para-hydroxylation sites is 1. The molecule has 0 spiro atoms. The molecular formula is C21H27N3O2. The van der Waals surface area contributed by atoms with Gasteiger partial charge in [-0.25, -0.2) is 0 Å². The van der Waals surface area contributed by atoms with Crippen LogP contribution in [0.25, 0.3) is 0 Å². The number of hydrogen-bond donors (Lipinski definition) is 2. The Balaban J connectivity index is 1.74. The molecule has 138 valence electrons. The number of benzene rings is 2. The van der Waals surface area contributed by atoms with Crippen molar-refractivity contribution in [2.45, 2.75) is 25.4 Å². The molecule has 0 saturated carbocycles. The zero-order valence-electron chi connectivity index (χ0n) is 15.3. The zero-order chi connectivity index (χ0) is 18.4. The van der Waals surface area contributed by atoms with Gasteiger partial charge in [0.2, 0.25) is 0 Å². The van der Waals surface area contributed by atoms with Crippen LogP contribution in [0.5, 0.6) is 5.75 Å². The summed E-state index contributed by atoms with van der Waals surface area (Å²) in [5.74, 6) is 0.804. The Morgan fingerprint density at radius 2 is 1.85 bits per heavy atom. The van der Waals surface area contributed by atoms with Gasteiger partial charge in [0.15, 0.2) is 0 Å². The summed E-state index contributed by atoms with van der Waals surface area (Å²) in [5.41, 5.74) is 8.41. The van der Waals surface area contributed by atoms with Crippen LogP contribution in [0.2, 0.25) is 0 Å². The molecule has 5 heteroatoms. The van der Waals surface area contributed by atoms with E-state index in [9.17, 15) is 4.79 Å². The van der Waals surface area contributed by atoms with Gasteiger partial charge in [0.1, 0.15) is 5.75 Å². The van der Waals surface area contributed by atoms with Crippen LogP contribution in [0.3, 0.4) is 0 Å². The van der Waals surface area contributed by atoms with Crippen molar-refractivity contribution in [3.05, 3.63) is 65.2 Å². The molecule has 3 rings (SSSR count). The topological polar surface area (TPSA) is 67.6 Å². The van der Waals surface area contributed by atoms with Crippen molar-refractivity contribution < 1.29 is 9.53 Å². The van der Waals surface area contributed by atoms with E-state index in [1.807, 2.05) is 42.5 Å². The molecule has 3 N–H and O–H groups in total. The van der Waals surface area contributed by atoms with Crippen LogP contribution in [0.1, 0.15) is 40.4 Å². The first-order chi connectivity index (χ1) is 12.7. The van der Waals surface area contributed by atoms with Gasteiger partial charge < -0.3 is 15.8 Å². The third-order valence-electron chi connectivity index (χ3n) is 4.99. The number of rotatable bonds is 7. The average molecular weight is 353 g/mol. The molecule has 1 aliphatic rings. The minimum atomic E-state index is -0.0623. The van der Waals surface area contributed by atoms with E-state index >= 15 is 0 Å². The van der Waals surface area contributed by atoms with Crippen LogP contribution < -0.4 is 15.8 Å². The Bertz CT molecular complexity index is 724. The van der Waals surface area contributed by atoms with E-state index in [0.717, 1.165) is 30.0 Å². The van der Waals surface area contributed by atoms with E-state index in [1.54, 1.807) is 7.11 Å². The van der Waals surface area contributed by atoms with Crippen molar-refractivity contribution in [3.63, 3.8) is 0 Å². The first kappa shape index (κ1) is 18.4. The van der Waals surface area contributed by atoms with Crippen LogP contribution >= 0.6 is 0 Å². The highest BCUT2D eigenvalue weighted by Gasteiger charge is 2.26. The summed E-state index contributed by atoms with van der Waals surface area (Å²) >= 11 is 0. The Morgan fingerprint density at radius 3 is 2.50 bits per heavy atom. The number of amides is 1. The zero-order valence-corrected chi connectivity index (χ0v) is 15.3. The molecule has 1 atom stereocenters. The summed E-state index contributed by atoms with van der Waals surface area (Å²) in [4.78, 5) is 15.0. The van der Waals surface area contributed by atoms with Crippen LogP contribution in [0, 0.1) is 0 Å². The summed E-state index contributed by atoms with van der Waals surface area (Å²) in [5, 5.41) is 3.10. The number of carbonyl (C=O) groups excluding carboxylic acids is 1. The van der Waals surface area contributed by atoms with Crippen LogP contribution in [-0.4, -0.2) is 37.6 Å². The summed E-state index contributed by atoms with van der Waals surface area (Å²) in [6.45, 7) is 3.12. The highest BCUT2D eigenvalue weighted by atomic mass is 16.5. The highest BCUT2D eigenvalue weighted by Crippen LogP contribution is 2.31. The van der Waals surface area contributed by atoms with E-state index < -0.39 is 0 Å². The second-order valence-corrected chi connectivity index (χ2v) is 6.61. The first-order valence-electron chi connectivity index (χ1n) is 9.17. The van der Waals surface area contributed by atoms with E-state index in [-0.39, 0.29) is 11.9 Å². The van der Waals surface area contributed by atoms with Crippen molar-refractivity contribution in [2.75, 3.05) is 26.7 Å². The van der Waals surface area contributed by atoms with Crippen LogP contribution in [0.4, 0.5) is 0 Å². The molecule has 1 aliphatic heterocycles. The van der Waals surface area contributed by atoms with Crippen LogP contribution in [0.15, 0.2) is 48.5 Å². The Morgan fingerprint density at radius 1 is 1.15 bits per heavy atom. The average Bonchev–Trinajstić information content (AvgIpc) is 3.23. The lowest BCUT2D eigenvalue weighted by molar-refractivity contribution is 0.0937. The first-order valence-corrected chi connectivity index (χ1v) is 9.17. The molecule has 2 aromatic carbocycles. The molecule has 26 heavy (non-hydrogen) atoms. The molecule has 2 aromatic rings. The normalized spacial score (nSPS) is 15.6. The number of nitrogens with two attached hydrogens (primary N) is 1. The maximum Gasteiger partial charge on any atom is 0.251 e. The number of methoxy groups -OCH3 is 1. The predicted octanol–water partition coefficient (Wildman–Crippen LogP) is 2.72. The lowest BCUT2D eigenvalue weighted by atomic mass is 10.0. The lowest BCUT2D eigenvalue weighted by Crippen LogP contribution is -2.37.